The average Bonchev–Trinajstić information content (AvgIpc) is 2.58. The third-order valence-corrected chi connectivity index (χ3v) is 4.83. The normalized spacial score (nSPS) is 12.0. The Morgan fingerprint density at radius 3 is 2.54 bits per heavy atom. The van der Waals surface area contributed by atoms with Crippen LogP contribution in [0, 0.1) is 6.92 Å². The molecular formula is C20H26BrN2O+. The molecule has 1 amide bonds. The fraction of sp³-hybridized carbons (Fsp3) is 0.350. The van der Waals surface area contributed by atoms with Crippen LogP contribution in [0.2, 0.25) is 0 Å². The third kappa shape index (κ3) is 5.77. The Balaban J connectivity index is 1.75. The van der Waals surface area contributed by atoms with Gasteiger partial charge in [0.1, 0.15) is 6.04 Å². The molecule has 3 nitrogen and oxygen atoms in total. The molecule has 0 fully saturated rings. The molecule has 0 bridgehead atoms. The lowest BCUT2D eigenvalue weighted by Crippen LogP contribution is -2.87. The maximum atomic E-state index is 12.1. The molecular weight excluding hydrogens is 364 g/mol. The molecule has 0 heterocycles. The van der Waals surface area contributed by atoms with Gasteiger partial charge in [0.25, 0.3) is 5.91 Å². The first-order chi connectivity index (χ1) is 11.6. The van der Waals surface area contributed by atoms with E-state index in [-0.39, 0.29) is 5.91 Å². The first-order valence-corrected chi connectivity index (χ1v) is 9.29. The Morgan fingerprint density at radius 2 is 1.88 bits per heavy atom. The lowest BCUT2D eigenvalue weighted by atomic mass is 10.0. The van der Waals surface area contributed by atoms with Crippen molar-refractivity contribution in [1.82, 2.24) is 5.32 Å². The van der Waals surface area contributed by atoms with Gasteiger partial charge in [0, 0.05) is 23.0 Å². The summed E-state index contributed by atoms with van der Waals surface area (Å²) in [4.78, 5) is 12.1. The van der Waals surface area contributed by atoms with Crippen LogP contribution in [0.25, 0.3) is 0 Å². The second kappa shape index (κ2) is 9.60. The number of nitrogens with two attached hydrogens (primary N) is 1. The van der Waals surface area contributed by atoms with E-state index in [4.69, 9.17) is 0 Å². The minimum absolute atomic E-state index is 0.0964. The number of carbonyl (C=O) groups is 1. The summed E-state index contributed by atoms with van der Waals surface area (Å²) in [6.45, 7) is 5.41. The van der Waals surface area contributed by atoms with E-state index in [0.29, 0.717) is 19.1 Å². The number of quaternary nitrogens is 1. The molecule has 0 aromatic heterocycles. The highest BCUT2D eigenvalue weighted by atomic mass is 79.9. The number of nitrogens with one attached hydrogen (secondary N) is 1. The molecule has 0 unspecified atom stereocenters. The molecule has 24 heavy (non-hydrogen) atoms. The SMILES string of the molecule is CC[C@@H]([NH2+]CC(=O)NCCc1ccccc1C)c1ccc(Br)cc1. The van der Waals surface area contributed by atoms with Crippen LogP contribution >= 0.6 is 15.9 Å². The fourth-order valence-electron chi connectivity index (χ4n) is 2.80. The van der Waals surface area contributed by atoms with E-state index < -0.39 is 0 Å². The molecule has 0 saturated heterocycles. The van der Waals surface area contributed by atoms with Gasteiger partial charge in [-0.3, -0.25) is 4.79 Å². The third-order valence-electron chi connectivity index (χ3n) is 4.30. The molecule has 2 rings (SSSR count). The van der Waals surface area contributed by atoms with Gasteiger partial charge in [0.2, 0.25) is 0 Å². The highest BCUT2D eigenvalue weighted by molar-refractivity contribution is 9.10. The summed E-state index contributed by atoms with van der Waals surface area (Å²) in [7, 11) is 0. The lowest BCUT2D eigenvalue weighted by Gasteiger charge is -2.14. The summed E-state index contributed by atoms with van der Waals surface area (Å²) in [5, 5.41) is 5.14. The van der Waals surface area contributed by atoms with Gasteiger partial charge in [-0.2, -0.15) is 0 Å². The standard InChI is InChI=1S/C20H25BrN2O/c1-3-19(17-8-10-18(21)11-9-17)23-14-20(24)22-13-12-16-7-5-4-6-15(16)2/h4-11,19,23H,3,12-14H2,1-2H3,(H,22,24)/p+1/t19-/m1/s1. The quantitative estimate of drug-likeness (QED) is 0.715. The van der Waals surface area contributed by atoms with Crippen molar-refractivity contribution in [2.75, 3.05) is 13.1 Å². The number of benzene rings is 2. The van der Waals surface area contributed by atoms with E-state index in [2.05, 4.69) is 64.7 Å². The number of hydrogen-bond acceptors (Lipinski definition) is 1. The van der Waals surface area contributed by atoms with E-state index in [0.717, 1.165) is 17.3 Å². The predicted molar refractivity (Wildman–Crippen MR) is 102 cm³/mol. The smallest absolute Gasteiger partial charge is 0.275 e. The van der Waals surface area contributed by atoms with Crippen molar-refractivity contribution in [3.05, 3.63) is 69.7 Å². The first kappa shape index (κ1) is 18.7. The van der Waals surface area contributed by atoms with Gasteiger partial charge in [0.15, 0.2) is 6.54 Å². The number of halogens is 1. The van der Waals surface area contributed by atoms with Gasteiger partial charge in [-0.25, -0.2) is 0 Å². The molecule has 0 radical (unpaired) electrons. The van der Waals surface area contributed by atoms with Crippen molar-refractivity contribution in [2.45, 2.75) is 32.7 Å². The summed E-state index contributed by atoms with van der Waals surface area (Å²) in [5.74, 6) is 0.0964. The summed E-state index contributed by atoms with van der Waals surface area (Å²) in [6, 6.07) is 17.0. The highest BCUT2D eigenvalue weighted by Crippen LogP contribution is 2.16. The van der Waals surface area contributed by atoms with Gasteiger partial charge < -0.3 is 10.6 Å². The van der Waals surface area contributed by atoms with Crippen LogP contribution in [-0.4, -0.2) is 19.0 Å². The van der Waals surface area contributed by atoms with Crippen molar-refractivity contribution in [2.24, 2.45) is 0 Å². The fourth-order valence-corrected chi connectivity index (χ4v) is 3.06. The molecule has 0 aliphatic rings. The zero-order valence-corrected chi connectivity index (χ0v) is 16.0. The van der Waals surface area contributed by atoms with E-state index in [1.807, 2.05) is 24.3 Å². The van der Waals surface area contributed by atoms with Crippen molar-refractivity contribution >= 4 is 21.8 Å². The van der Waals surface area contributed by atoms with E-state index in [1.54, 1.807) is 0 Å². The topological polar surface area (TPSA) is 45.7 Å². The lowest BCUT2D eigenvalue weighted by molar-refractivity contribution is -0.686. The zero-order chi connectivity index (χ0) is 17.4. The van der Waals surface area contributed by atoms with Crippen LogP contribution < -0.4 is 10.6 Å². The molecule has 2 aromatic carbocycles. The van der Waals surface area contributed by atoms with Crippen LogP contribution in [0.5, 0.6) is 0 Å². The van der Waals surface area contributed by atoms with Crippen molar-refractivity contribution in [3.8, 4) is 0 Å². The zero-order valence-electron chi connectivity index (χ0n) is 14.4. The van der Waals surface area contributed by atoms with E-state index in [9.17, 15) is 4.79 Å². The van der Waals surface area contributed by atoms with Crippen LogP contribution in [-0.2, 0) is 11.2 Å². The number of hydrogen-bond donors (Lipinski definition) is 2. The molecule has 0 spiro atoms. The van der Waals surface area contributed by atoms with E-state index >= 15 is 0 Å². The second-order valence-electron chi connectivity index (χ2n) is 6.03. The van der Waals surface area contributed by atoms with Gasteiger partial charge in [0.05, 0.1) is 0 Å². The number of rotatable bonds is 8. The minimum atomic E-state index is 0.0964. The Morgan fingerprint density at radius 1 is 1.17 bits per heavy atom. The van der Waals surface area contributed by atoms with Gasteiger partial charge in [-0.05, 0) is 36.6 Å². The van der Waals surface area contributed by atoms with Crippen LogP contribution in [0.3, 0.4) is 0 Å². The Hall–Kier alpha value is -1.65. The maximum absolute atomic E-state index is 12.1. The first-order valence-electron chi connectivity index (χ1n) is 8.50. The molecule has 3 N–H and O–H groups in total. The molecule has 1 atom stereocenters. The molecule has 0 saturated carbocycles. The summed E-state index contributed by atoms with van der Waals surface area (Å²) >= 11 is 3.46. The Bertz CT molecular complexity index is 655. The number of amides is 1. The number of aryl methyl sites for hydroxylation is 1. The largest absolute Gasteiger partial charge is 0.351 e. The summed E-state index contributed by atoms with van der Waals surface area (Å²) in [6.07, 6.45) is 1.88. The molecule has 4 heteroatoms. The summed E-state index contributed by atoms with van der Waals surface area (Å²) < 4.78 is 1.08. The molecule has 0 aliphatic carbocycles. The van der Waals surface area contributed by atoms with Gasteiger partial charge >= 0.3 is 0 Å². The van der Waals surface area contributed by atoms with Crippen LogP contribution in [0.15, 0.2) is 53.0 Å². The van der Waals surface area contributed by atoms with Crippen molar-refractivity contribution in [3.63, 3.8) is 0 Å². The van der Waals surface area contributed by atoms with Gasteiger partial charge in [-0.1, -0.05) is 59.3 Å². The monoisotopic (exact) mass is 389 g/mol. The molecule has 128 valence electrons. The second-order valence-corrected chi connectivity index (χ2v) is 6.95. The highest BCUT2D eigenvalue weighted by Gasteiger charge is 2.14. The van der Waals surface area contributed by atoms with Crippen molar-refractivity contribution < 1.29 is 10.1 Å². The van der Waals surface area contributed by atoms with Crippen molar-refractivity contribution in [1.29, 1.82) is 0 Å². The minimum Gasteiger partial charge on any atom is -0.351 e. The van der Waals surface area contributed by atoms with Crippen LogP contribution in [0.4, 0.5) is 0 Å². The summed E-state index contributed by atoms with van der Waals surface area (Å²) in [5.41, 5.74) is 3.83. The predicted octanol–water partition coefficient (Wildman–Crippen LogP) is 3.13. The molecule has 2 aromatic rings. The average molecular weight is 390 g/mol. The molecule has 0 aliphatic heterocycles. The maximum Gasteiger partial charge on any atom is 0.275 e. The Labute approximate surface area is 153 Å². The number of carbonyl (C=O) groups excluding carboxylic acids is 1. The van der Waals surface area contributed by atoms with Gasteiger partial charge in [-0.15, -0.1) is 0 Å². The van der Waals surface area contributed by atoms with Crippen LogP contribution in [0.1, 0.15) is 36.1 Å². The van der Waals surface area contributed by atoms with E-state index in [1.165, 1.54) is 16.7 Å². The Kier molecular flexibility index (Phi) is 7.47.